The molecule has 1 heterocycles. The van der Waals surface area contributed by atoms with Crippen molar-refractivity contribution in [1.82, 2.24) is 10.3 Å². The van der Waals surface area contributed by atoms with Gasteiger partial charge in [0, 0.05) is 33.6 Å². The highest BCUT2D eigenvalue weighted by Gasteiger charge is 2.21. The van der Waals surface area contributed by atoms with Crippen LogP contribution in [0.3, 0.4) is 0 Å². The summed E-state index contributed by atoms with van der Waals surface area (Å²) in [5.74, 6) is -0.651. The van der Waals surface area contributed by atoms with Gasteiger partial charge in [0.1, 0.15) is 11.5 Å². The lowest BCUT2D eigenvalue weighted by atomic mass is 10.0. The molecule has 3 rings (SSSR count). The average molecular weight is 317 g/mol. The van der Waals surface area contributed by atoms with E-state index in [4.69, 9.17) is 11.6 Å². The third-order valence-electron chi connectivity index (χ3n) is 3.47. The summed E-state index contributed by atoms with van der Waals surface area (Å²) in [5.41, 5.74) is 1.98. The second-order valence-corrected chi connectivity index (χ2v) is 5.34. The number of carbonyl (C=O) groups is 1. The Morgan fingerprint density at radius 2 is 2.05 bits per heavy atom. The van der Waals surface area contributed by atoms with Gasteiger partial charge in [0.15, 0.2) is 0 Å². The number of benzene rings is 2. The number of aromatic amines is 1. The van der Waals surface area contributed by atoms with Crippen molar-refractivity contribution in [1.29, 1.82) is 0 Å². The summed E-state index contributed by atoms with van der Waals surface area (Å²) < 4.78 is 14.2. The van der Waals surface area contributed by atoms with E-state index in [-0.39, 0.29) is 11.7 Å². The van der Waals surface area contributed by atoms with E-state index in [0.717, 1.165) is 10.9 Å². The number of fused-ring (bicyclic) bond motifs is 1. The van der Waals surface area contributed by atoms with Crippen molar-refractivity contribution in [2.45, 2.75) is 6.92 Å². The summed E-state index contributed by atoms with van der Waals surface area (Å²) in [7, 11) is 0. The maximum atomic E-state index is 14.2. The molecule has 0 atom stereocenters. The van der Waals surface area contributed by atoms with Gasteiger partial charge in [-0.25, -0.2) is 4.39 Å². The van der Waals surface area contributed by atoms with Gasteiger partial charge in [0.25, 0.3) is 5.91 Å². The second-order valence-electron chi connectivity index (χ2n) is 4.90. The number of H-pyrrole nitrogens is 1. The van der Waals surface area contributed by atoms with Crippen LogP contribution in [0.5, 0.6) is 0 Å². The minimum Gasteiger partial charge on any atom is -0.351 e. The van der Waals surface area contributed by atoms with Gasteiger partial charge in [-0.2, -0.15) is 0 Å². The Hall–Kier alpha value is -2.33. The Kier molecular flexibility index (Phi) is 3.86. The molecule has 0 unspecified atom stereocenters. The zero-order valence-electron chi connectivity index (χ0n) is 11.9. The number of carbonyl (C=O) groups excluding carboxylic acids is 1. The van der Waals surface area contributed by atoms with Crippen LogP contribution in [0.2, 0.25) is 5.02 Å². The van der Waals surface area contributed by atoms with Crippen molar-refractivity contribution >= 4 is 28.4 Å². The third-order valence-corrected chi connectivity index (χ3v) is 3.70. The van der Waals surface area contributed by atoms with Gasteiger partial charge >= 0.3 is 0 Å². The predicted molar refractivity (Wildman–Crippen MR) is 86.7 cm³/mol. The number of aromatic nitrogens is 1. The zero-order chi connectivity index (χ0) is 15.7. The quantitative estimate of drug-likeness (QED) is 0.740. The van der Waals surface area contributed by atoms with Gasteiger partial charge in [-0.15, -0.1) is 0 Å². The molecule has 1 aromatic heterocycles. The minimum absolute atomic E-state index is 0.270. The van der Waals surface area contributed by atoms with Gasteiger partial charge in [0.05, 0.1) is 0 Å². The van der Waals surface area contributed by atoms with E-state index in [1.54, 1.807) is 36.4 Å². The molecule has 0 radical (unpaired) electrons. The lowest BCUT2D eigenvalue weighted by Crippen LogP contribution is -2.23. The highest BCUT2D eigenvalue weighted by Crippen LogP contribution is 2.35. The Morgan fingerprint density at radius 1 is 1.27 bits per heavy atom. The molecule has 5 heteroatoms. The fraction of sp³-hybridized carbons (Fsp3) is 0.118. The van der Waals surface area contributed by atoms with Crippen LogP contribution in [-0.2, 0) is 0 Å². The molecule has 2 N–H and O–H groups in total. The number of nitrogens with one attached hydrogen (secondary N) is 2. The monoisotopic (exact) mass is 316 g/mol. The Morgan fingerprint density at radius 3 is 2.77 bits per heavy atom. The van der Waals surface area contributed by atoms with E-state index in [1.807, 2.05) is 6.92 Å². The van der Waals surface area contributed by atoms with Gasteiger partial charge in [0.2, 0.25) is 0 Å². The van der Waals surface area contributed by atoms with Crippen molar-refractivity contribution in [3.8, 4) is 11.1 Å². The van der Waals surface area contributed by atoms with Crippen molar-refractivity contribution < 1.29 is 9.18 Å². The Bertz CT molecular complexity index is 857. The van der Waals surface area contributed by atoms with E-state index in [1.165, 1.54) is 6.07 Å². The van der Waals surface area contributed by atoms with Crippen LogP contribution in [0.15, 0.2) is 42.5 Å². The van der Waals surface area contributed by atoms with Crippen LogP contribution in [0.25, 0.3) is 22.0 Å². The summed E-state index contributed by atoms with van der Waals surface area (Å²) >= 11 is 6.06. The number of hydrogen-bond acceptors (Lipinski definition) is 1. The van der Waals surface area contributed by atoms with Crippen LogP contribution in [-0.4, -0.2) is 17.4 Å². The molecule has 0 aliphatic rings. The molecule has 22 heavy (non-hydrogen) atoms. The molecular weight excluding hydrogens is 303 g/mol. The molecule has 0 spiro atoms. The van der Waals surface area contributed by atoms with E-state index in [2.05, 4.69) is 10.3 Å². The van der Waals surface area contributed by atoms with Gasteiger partial charge in [-0.05, 0) is 31.2 Å². The normalized spacial score (nSPS) is 10.9. The molecule has 3 nitrogen and oxygen atoms in total. The lowest BCUT2D eigenvalue weighted by Gasteiger charge is -2.06. The maximum Gasteiger partial charge on any atom is 0.268 e. The predicted octanol–water partition coefficient (Wildman–Crippen LogP) is 4.38. The van der Waals surface area contributed by atoms with E-state index in [0.29, 0.717) is 28.4 Å². The SMILES string of the molecule is CCNC(=O)c1[nH]c2ccc(Cl)cc2c1-c1ccccc1F. The molecule has 0 aliphatic carbocycles. The summed E-state index contributed by atoms with van der Waals surface area (Å²) in [6, 6.07) is 11.6. The fourth-order valence-corrected chi connectivity index (χ4v) is 2.70. The first kappa shape index (κ1) is 14.6. The first-order chi connectivity index (χ1) is 10.6. The standard InChI is InChI=1S/C17H14ClFN2O/c1-2-20-17(22)16-15(11-5-3-4-6-13(11)19)12-9-10(18)7-8-14(12)21-16/h3-9,21H,2H2,1H3,(H,20,22). The van der Waals surface area contributed by atoms with Gasteiger partial charge < -0.3 is 10.3 Å². The lowest BCUT2D eigenvalue weighted by molar-refractivity contribution is 0.0952. The Balaban J connectivity index is 2.33. The fourth-order valence-electron chi connectivity index (χ4n) is 2.53. The molecule has 0 saturated heterocycles. The number of amides is 1. The molecular formula is C17H14ClFN2O. The largest absolute Gasteiger partial charge is 0.351 e. The second kappa shape index (κ2) is 5.81. The van der Waals surface area contributed by atoms with E-state index >= 15 is 0 Å². The highest BCUT2D eigenvalue weighted by atomic mass is 35.5. The molecule has 112 valence electrons. The van der Waals surface area contributed by atoms with Crippen molar-refractivity contribution in [2.75, 3.05) is 6.54 Å². The average Bonchev–Trinajstić information content (AvgIpc) is 2.86. The van der Waals surface area contributed by atoms with Crippen LogP contribution in [0, 0.1) is 5.82 Å². The minimum atomic E-state index is -0.381. The van der Waals surface area contributed by atoms with Gasteiger partial charge in [-0.3, -0.25) is 4.79 Å². The topological polar surface area (TPSA) is 44.9 Å². The first-order valence-corrected chi connectivity index (χ1v) is 7.34. The Labute approximate surface area is 132 Å². The number of rotatable bonds is 3. The highest BCUT2D eigenvalue weighted by molar-refractivity contribution is 6.31. The van der Waals surface area contributed by atoms with Crippen molar-refractivity contribution in [2.24, 2.45) is 0 Å². The smallest absolute Gasteiger partial charge is 0.268 e. The zero-order valence-corrected chi connectivity index (χ0v) is 12.7. The molecule has 0 bridgehead atoms. The van der Waals surface area contributed by atoms with E-state index in [9.17, 15) is 9.18 Å². The van der Waals surface area contributed by atoms with Crippen molar-refractivity contribution in [3.05, 3.63) is 59.0 Å². The maximum absolute atomic E-state index is 14.2. The molecule has 2 aromatic carbocycles. The van der Waals surface area contributed by atoms with Crippen LogP contribution >= 0.6 is 11.6 Å². The molecule has 0 fully saturated rings. The van der Waals surface area contributed by atoms with Crippen LogP contribution in [0.1, 0.15) is 17.4 Å². The molecule has 3 aromatic rings. The third kappa shape index (κ3) is 2.46. The van der Waals surface area contributed by atoms with E-state index < -0.39 is 0 Å². The molecule has 0 aliphatic heterocycles. The number of hydrogen-bond donors (Lipinski definition) is 2. The summed E-state index contributed by atoms with van der Waals surface area (Å²) in [6.07, 6.45) is 0. The molecule has 1 amide bonds. The summed E-state index contributed by atoms with van der Waals surface area (Å²) in [6.45, 7) is 2.33. The summed E-state index contributed by atoms with van der Waals surface area (Å²) in [4.78, 5) is 15.4. The van der Waals surface area contributed by atoms with Gasteiger partial charge in [-0.1, -0.05) is 29.8 Å². The van der Waals surface area contributed by atoms with Crippen LogP contribution in [0.4, 0.5) is 4.39 Å². The van der Waals surface area contributed by atoms with Crippen LogP contribution < -0.4 is 5.32 Å². The summed E-state index contributed by atoms with van der Waals surface area (Å²) in [5, 5.41) is 4.00. The van der Waals surface area contributed by atoms with Crippen molar-refractivity contribution in [3.63, 3.8) is 0 Å². The first-order valence-electron chi connectivity index (χ1n) is 6.96. The number of halogens is 2. The molecule has 0 saturated carbocycles.